The van der Waals surface area contributed by atoms with Crippen LogP contribution < -0.4 is 0 Å². The first-order valence-corrected chi connectivity index (χ1v) is 6.37. The van der Waals surface area contributed by atoms with Gasteiger partial charge in [0.2, 0.25) is 5.41 Å². The minimum absolute atomic E-state index is 0.201. The van der Waals surface area contributed by atoms with Gasteiger partial charge in [-0.3, -0.25) is 14.4 Å². The van der Waals surface area contributed by atoms with E-state index in [1.807, 2.05) is 6.92 Å². The molecule has 0 aliphatic heterocycles. The average molecular weight is 286 g/mol. The standard InChI is InChI=1S/C14H22O6/c1-6-8-10(20-11(15)9-7-2)14(3,12(16)18-4)13(17)19-5/h6,8,10H,7,9H2,1-5H3/b8-6+/t10-/m1/s1. The fourth-order valence-electron chi connectivity index (χ4n) is 1.67. The van der Waals surface area contributed by atoms with Crippen molar-refractivity contribution in [3.05, 3.63) is 12.2 Å². The van der Waals surface area contributed by atoms with E-state index in [4.69, 9.17) is 4.74 Å². The Morgan fingerprint density at radius 1 is 1.15 bits per heavy atom. The molecule has 0 fully saturated rings. The van der Waals surface area contributed by atoms with Gasteiger partial charge in [0.25, 0.3) is 0 Å². The Labute approximate surface area is 119 Å². The lowest BCUT2D eigenvalue weighted by Gasteiger charge is -2.30. The SMILES string of the molecule is C/C=C/[C@@H](OC(=O)CCC)C(C)(C(=O)OC)C(=O)OC. The van der Waals surface area contributed by atoms with Crippen molar-refractivity contribution in [3.8, 4) is 0 Å². The first-order chi connectivity index (χ1) is 9.38. The Morgan fingerprint density at radius 3 is 2.00 bits per heavy atom. The molecule has 0 amide bonds. The maximum atomic E-state index is 11.9. The van der Waals surface area contributed by atoms with Crippen LogP contribution in [-0.4, -0.2) is 38.2 Å². The third kappa shape index (κ3) is 4.08. The lowest BCUT2D eigenvalue weighted by atomic mass is 9.83. The molecule has 0 aromatic carbocycles. The van der Waals surface area contributed by atoms with Gasteiger partial charge < -0.3 is 14.2 Å². The number of hydrogen-bond donors (Lipinski definition) is 0. The van der Waals surface area contributed by atoms with Crippen LogP contribution in [0.1, 0.15) is 33.6 Å². The maximum absolute atomic E-state index is 11.9. The number of ether oxygens (including phenoxy) is 3. The molecule has 114 valence electrons. The first kappa shape index (κ1) is 18.1. The zero-order valence-electron chi connectivity index (χ0n) is 12.6. The third-order valence-corrected chi connectivity index (χ3v) is 2.87. The van der Waals surface area contributed by atoms with Crippen LogP contribution in [0, 0.1) is 5.41 Å². The van der Waals surface area contributed by atoms with Crippen LogP contribution in [0.4, 0.5) is 0 Å². The Kier molecular flexibility index (Phi) is 7.57. The Hall–Kier alpha value is -1.85. The van der Waals surface area contributed by atoms with Gasteiger partial charge in [0, 0.05) is 6.42 Å². The molecule has 0 aliphatic carbocycles. The number of carbonyl (C=O) groups is 3. The van der Waals surface area contributed by atoms with Crippen LogP contribution >= 0.6 is 0 Å². The lowest BCUT2D eigenvalue weighted by Crippen LogP contribution is -2.49. The maximum Gasteiger partial charge on any atom is 0.327 e. The molecule has 0 heterocycles. The van der Waals surface area contributed by atoms with Gasteiger partial charge in [0.15, 0.2) is 0 Å². The van der Waals surface area contributed by atoms with Crippen LogP contribution in [0.15, 0.2) is 12.2 Å². The summed E-state index contributed by atoms with van der Waals surface area (Å²) in [6.45, 7) is 4.84. The van der Waals surface area contributed by atoms with Crippen molar-refractivity contribution in [2.75, 3.05) is 14.2 Å². The van der Waals surface area contributed by atoms with E-state index in [-0.39, 0.29) is 6.42 Å². The van der Waals surface area contributed by atoms with E-state index in [9.17, 15) is 14.4 Å². The van der Waals surface area contributed by atoms with Gasteiger partial charge in [-0.05, 0) is 26.3 Å². The summed E-state index contributed by atoms with van der Waals surface area (Å²) >= 11 is 0. The van der Waals surface area contributed by atoms with E-state index < -0.39 is 29.4 Å². The molecular weight excluding hydrogens is 264 g/mol. The molecule has 0 aromatic heterocycles. The molecule has 0 saturated carbocycles. The van der Waals surface area contributed by atoms with Crippen molar-refractivity contribution in [2.45, 2.75) is 39.7 Å². The van der Waals surface area contributed by atoms with Crippen molar-refractivity contribution < 1.29 is 28.6 Å². The second-order valence-electron chi connectivity index (χ2n) is 4.37. The predicted octanol–water partition coefficient (Wildman–Crippen LogP) is 1.63. The molecule has 0 N–H and O–H groups in total. The minimum Gasteiger partial charge on any atom is -0.468 e. The quantitative estimate of drug-likeness (QED) is 0.306. The molecule has 0 aromatic rings. The van der Waals surface area contributed by atoms with Crippen molar-refractivity contribution >= 4 is 17.9 Å². The summed E-state index contributed by atoms with van der Waals surface area (Å²) in [7, 11) is 2.31. The summed E-state index contributed by atoms with van der Waals surface area (Å²) in [5, 5.41) is 0. The van der Waals surface area contributed by atoms with Gasteiger partial charge in [-0.25, -0.2) is 0 Å². The van der Waals surface area contributed by atoms with Gasteiger partial charge in [0.1, 0.15) is 6.10 Å². The summed E-state index contributed by atoms with van der Waals surface area (Å²) in [6.07, 6.45) is 2.78. The zero-order chi connectivity index (χ0) is 15.8. The number of carbonyl (C=O) groups excluding carboxylic acids is 3. The van der Waals surface area contributed by atoms with Gasteiger partial charge in [-0.2, -0.15) is 0 Å². The Bertz CT molecular complexity index is 369. The average Bonchev–Trinajstić information content (AvgIpc) is 2.44. The van der Waals surface area contributed by atoms with Crippen molar-refractivity contribution in [1.82, 2.24) is 0 Å². The molecule has 0 unspecified atom stereocenters. The van der Waals surface area contributed by atoms with E-state index >= 15 is 0 Å². The highest BCUT2D eigenvalue weighted by Gasteiger charge is 2.51. The fraction of sp³-hybridized carbons (Fsp3) is 0.643. The van der Waals surface area contributed by atoms with Gasteiger partial charge in [0.05, 0.1) is 14.2 Å². The summed E-state index contributed by atoms with van der Waals surface area (Å²) in [4.78, 5) is 35.5. The van der Waals surface area contributed by atoms with Crippen molar-refractivity contribution in [2.24, 2.45) is 5.41 Å². The van der Waals surface area contributed by atoms with Gasteiger partial charge in [-0.1, -0.05) is 13.0 Å². The molecule has 20 heavy (non-hydrogen) atoms. The molecule has 0 bridgehead atoms. The van der Waals surface area contributed by atoms with Crippen LogP contribution in [0.5, 0.6) is 0 Å². The van der Waals surface area contributed by atoms with E-state index in [1.54, 1.807) is 13.0 Å². The molecule has 0 radical (unpaired) electrons. The molecular formula is C14H22O6. The second kappa shape index (κ2) is 8.35. The zero-order valence-corrected chi connectivity index (χ0v) is 12.6. The largest absolute Gasteiger partial charge is 0.468 e. The summed E-state index contributed by atoms with van der Waals surface area (Å²) in [5.74, 6) is -2.14. The van der Waals surface area contributed by atoms with Gasteiger partial charge in [-0.15, -0.1) is 0 Å². The Morgan fingerprint density at radius 2 is 1.65 bits per heavy atom. The van der Waals surface area contributed by atoms with Crippen molar-refractivity contribution in [1.29, 1.82) is 0 Å². The topological polar surface area (TPSA) is 78.9 Å². The van der Waals surface area contributed by atoms with E-state index in [1.165, 1.54) is 13.0 Å². The van der Waals surface area contributed by atoms with Crippen LogP contribution in [0.25, 0.3) is 0 Å². The van der Waals surface area contributed by atoms with Crippen LogP contribution in [0.3, 0.4) is 0 Å². The third-order valence-electron chi connectivity index (χ3n) is 2.87. The number of allylic oxidation sites excluding steroid dienone is 1. The van der Waals surface area contributed by atoms with E-state index in [0.29, 0.717) is 6.42 Å². The molecule has 6 nitrogen and oxygen atoms in total. The first-order valence-electron chi connectivity index (χ1n) is 6.37. The summed E-state index contributed by atoms with van der Waals surface area (Å²) in [5.41, 5.74) is -1.74. The molecule has 0 aliphatic rings. The Balaban J connectivity index is 5.49. The monoisotopic (exact) mass is 286 g/mol. The molecule has 6 heteroatoms. The predicted molar refractivity (Wildman–Crippen MR) is 71.7 cm³/mol. The van der Waals surface area contributed by atoms with E-state index in [2.05, 4.69) is 9.47 Å². The highest BCUT2D eigenvalue weighted by atomic mass is 16.6. The molecule has 0 rings (SSSR count). The summed E-state index contributed by atoms with van der Waals surface area (Å²) in [6, 6.07) is 0. The number of methoxy groups -OCH3 is 2. The molecule has 1 atom stereocenters. The van der Waals surface area contributed by atoms with Crippen molar-refractivity contribution in [3.63, 3.8) is 0 Å². The number of rotatable bonds is 7. The van der Waals surface area contributed by atoms with E-state index in [0.717, 1.165) is 14.2 Å². The molecule has 0 spiro atoms. The van der Waals surface area contributed by atoms with Crippen LogP contribution in [-0.2, 0) is 28.6 Å². The number of hydrogen-bond acceptors (Lipinski definition) is 6. The highest BCUT2D eigenvalue weighted by Crippen LogP contribution is 2.29. The summed E-state index contributed by atoms with van der Waals surface area (Å²) < 4.78 is 14.5. The number of esters is 3. The second-order valence-corrected chi connectivity index (χ2v) is 4.37. The lowest BCUT2D eigenvalue weighted by molar-refractivity contribution is -0.179. The fourth-order valence-corrected chi connectivity index (χ4v) is 1.67. The minimum atomic E-state index is -1.74. The smallest absolute Gasteiger partial charge is 0.327 e. The van der Waals surface area contributed by atoms with Crippen LogP contribution in [0.2, 0.25) is 0 Å². The highest BCUT2D eigenvalue weighted by molar-refractivity contribution is 6.01. The molecule has 0 saturated heterocycles. The van der Waals surface area contributed by atoms with Gasteiger partial charge >= 0.3 is 17.9 Å². The normalized spacial score (nSPS) is 12.8.